The number of hydrazine groups is 1. The van der Waals surface area contributed by atoms with E-state index in [2.05, 4.69) is 29.6 Å². The molecule has 0 spiro atoms. The van der Waals surface area contributed by atoms with Crippen molar-refractivity contribution in [3.63, 3.8) is 0 Å². The summed E-state index contributed by atoms with van der Waals surface area (Å²) in [4.78, 5) is 26.4. The molecule has 2 aromatic rings. The molecule has 1 atom stereocenters. The molecule has 8 heteroatoms. The Hall–Kier alpha value is -3.31. The van der Waals surface area contributed by atoms with Crippen molar-refractivity contribution < 1.29 is 18.7 Å². The maximum Gasteiger partial charge on any atom is 0.305 e. The zero-order valence-electron chi connectivity index (χ0n) is 16.2. The minimum Gasteiger partial charge on any atom is -0.481 e. The van der Waals surface area contributed by atoms with Gasteiger partial charge in [0.1, 0.15) is 11.5 Å². The van der Waals surface area contributed by atoms with Gasteiger partial charge in [-0.2, -0.15) is 5.26 Å². The summed E-state index contributed by atoms with van der Waals surface area (Å²) >= 11 is 0. The molecule has 1 unspecified atom stereocenters. The van der Waals surface area contributed by atoms with Gasteiger partial charge >= 0.3 is 5.91 Å². The van der Waals surface area contributed by atoms with Crippen LogP contribution in [0.25, 0.3) is 0 Å². The first kappa shape index (κ1) is 21.0. The van der Waals surface area contributed by atoms with Gasteiger partial charge in [0.2, 0.25) is 0 Å². The lowest BCUT2D eigenvalue weighted by Crippen LogP contribution is -2.47. The number of nitrogens with zero attached hydrogens (tertiary/aromatic N) is 2. The Kier molecular flexibility index (Phi) is 7.60. The van der Waals surface area contributed by atoms with Crippen LogP contribution < -0.4 is 15.6 Å². The Balaban J connectivity index is 1.83. The summed E-state index contributed by atoms with van der Waals surface area (Å²) in [5, 5.41) is 8.78. The van der Waals surface area contributed by atoms with Gasteiger partial charge in [-0.05, 0) is 56.4 Å². The van der Waals surface area contributed by atoms with Crippen LogP contribution in [0.2, 0.25) is 0 Å². The van der Waals surface area contributed by atoms with Gasteiger partial charge in [0, 0.05) is 0 Å². The summed E-state index contributed by atoms with van der Waals surface area (Å²) in [6.45, 7) is 8.03. The van der Waals surface area contributed by atoms with E-state index in [1.165, 1.54) is 0 Å². The van der Waals surface area contributed by atoms with E-state index in [0.29, 0.717) is 23.6 Å². The van der Waals surface area contributed by atoms with Gasteiger partial charge in [-0.15, -0.1) is 0 Å². The Bertz CT molecular complexity index is 835. The van der Waals surface area contributed by atoms with Crippen molar-refractivity contribution in [2.45, 2.75) is 33.4 Å². The second-order valence-electron chi connectivity index (χ2n) is 6.07. The summed E-state index contributed by atoms with van der Waals surface area (Å²) in [7, 11) is 0. The first-order chi connectivity index (χ1) is 13.5. The highest BCUT2D eigenvalue weighted by atomic mass is 16.5. The van der Waals surface area contributed by atoms with Crippen LogP contribution in [0.1, 0.15) is 42.6 Å². The van der Waals surface area contributed by atoms with Crippen molar-refractivity contribution in [3.8, 4) is 11.8 Å². The predicted molar refractivity (Wildman–Crippen MR) is 102 cm³/mol. The molecular weight excluding hydrogens is 360 g/mol. The van der Waals surface area contributed by atoms with E-state index < -0.39 is 17.9 Å². The van der Waals surface area contributed by atoms with Crippen molar-refractivity contribution in [2.75, 3.05) is 13.1 Å². The number of hydrogen-bond donors (Lipinski definition) is 2. The van der Waals surface area contributed by atoms with Crippen LogP contribution in [-0.4, -0.2) is 35.9 Å². The van der Waals surface area contributed by atoms with Crippen LogP contribution >= 0.6 is 0 Å². The molecule has 1 aromatic heterocycles. The highest BCUT2D eigenvalue weighted by Crippen LogP contribution is 2.13. The highest BCUT2D eigenvalue weighted by Gasteiger charge is 2.17. The van der Waals surface area contributed by atoms with Crippen molar-refractivity contribution in [1.29, 1.82) is 5.26 Å². The molecule has 0 aliphatic heterocycles. The van der Waals surface area contributed by atoms with E-state index in [-0.39, 0.29) is 5.76 Å². The topological polar surface area (TPSA) is 108 Å². The molecule has 1 heterocycles. The minimum absolute atomic E-state index is 0.114. The maximum absolute atomic E-state index is 12.1. The Morgan fingerprint density at radius 1 is 1.14 bits per heavy atom. The fourth-order valence-corrected chi connectivity index (χ4v) is 2.40. The maximum atomic E-state index is 12.1. The number of ether oxygens (including phenoxy) is 1. The number of nitriles is 1. The Morgan fingerprint density at radius 2 is 1.82 bits per heavy atom. The predicted octanol–water partition coefficient (Wildman–Crippen LogP) is 2.22. The molecule has 2 rings (SSSR count). The summed E-state index contributed by atoms with van der Waals surface area (Å²) in [6.07, 6.45) is -0.844. The quantitative estimate of drug-likeness (QED) is 0.676. The van der Waals surface area contributed by atoms with Crippen molar-refractivity contribution in [1.82, 2.24) is 15.8 Å². The highest BCUT2D eigenvalue weighted by molar-refractivity contribution is 5.93. The molecule has 0 radical (unpaired) electrons. The number of carbonyl (C=O) groups is 2. The van der Waals surface area contributed by atoms with Crippen molar-refractivity contribution >= 4 is 11.8 Å². The summed E-state index contributed by atoms with van der Waals surface area (Å²) in [5.74, 6) is 0.165. The van der Waals surface area contributed by atoms with Gasteiger partial charge < -0.3 is 9.15 Å². The lowest BCUT2D eigenvalue weighted by Gasteiger charge is -2.16. The summed E-state index contributed by atoms with van der Waals surface area (Å²) in [6, 6.07) is 11.7. The third kappa shape index (κ3) is 5.86. The summed E-state index contributed by atoms with van der Waals surface area (Å²) < 4.78 is 11.0. The smallest absolute Gasteiger partial charge is 0.305 e. The average molecular weight is 384 g/mol. The molecule has 1 aromatic carbocycles. The standard InChI is InChI=1S/C20H24N4O4/c1-4-24(5-2)13-17-10-11-18(28-17)20(26)23-22-19(25)14(3)27-16-8-6-15(12-21)7-9-16/h6-11,14H,4-5,13H2,1-3H3,(H,22,25)(H,23,26). The van der Waals surface area contributed by atoms with Crippen molar-refractivity contribution in [2.24, 2.45) is 0 Å². The number of nitrogens with one attached hydrogen (secondary N) is 2. The van der Waals surface area contributed by atoms with Crippen LogP contribution in [0.3, 0.4) is 0 Å². The molecular formula is C20H24N4O4. The van der Waals surface area contributed by atoms with Gasteiger partial charge in [0.15, 0.2) is 11.9 Å². The monoisotopic (exact) mass is 384 g/mol. The number of carbonyl (C=O) groups excluding carboxylic acids is 2. The normalized spacial score (nSPS) is 11.5. The molecule has 0 fully saturated rings. The zero-order chi connectivity index (χ0) is 20.5. The van der Waals surface area contributed by atoms with E-state index in [9.17, 15) is 9.59 Å². The summed E-state index contributed by atoms with van der Waals surface area (Å²) in [5.41, 5.74) is 5.11. The Labute approximate surface area is 164 Å². The molecule has 0 aliphatic carbocycles. The van der Waals surface area contributed by atoms with Gasteiger partial charge in [-0.1, -0.05) is 13.8 Å². The Morgan fingerprint density at radius 3 is 2.43 bits per heavy atom. The third-order valence-corrected chi connectivity index (χ3v) is 4.12. The molecule has 28 heavy (non-hydrogen) atoms. The SMILES string of the molecule is CCN(CC)Cc1ccc(C(=O)NNC(=O)C(C)Oc2ccc(C#N)cc2)o1. The van der Waals surface area contributed by atoms with Crippen LogP contribution in [0.4, 0.5) is 0 Å². The van der Waals surface area contributed by atoms with Crippen molar-refractivity contribution in [3.05, 3.63) is 53.5 Å². The van der Waals surface area contributed by atoms with Crippen LogP contribution in [0.15, 0.2) is 40.8 Å². The van der Waals surface area contributed by atoms with Crippen LogP contribution in [0, 0.1) is 11.3 Å². The first-order valence-corrected chi connectivity index (χ1v) is 9.04. The number of rotatable bonds is 8. The molecule has 2 amide bonds. The van der Waals surface area contributed by atoms with E-state index >= 15 is 0 Å². The molecule has 2 N–H and O–H groups in total. The van der Waals surface area contributed by atoms with Crippen LogP contribution in [-0.2, 0) is 11.3 Å². The average Bonchev–Trinajstić information content (AvgIpc) is 3.19. The number of amides is 2. The molecule has 148 valence electrons. The second kappa shape index (κ2) is 10.1. The van der Waals surface area contributed by atoms with E-state index in [1.54, 1.807) is 43.3 Å². The van der Waals surface area contributed by atoms with Gasteiger partial charge in [-0.25, -0.2) is 0 Å². The van der Waals surface area contributed by atoms with Gasteiger partial charge in [0.05, 0.1) is 18.2 Å². The molecule has 0 saturated heterocycles. The lowest BCUT2D eigenvalue weighted by molar-refractivity contribution is -0.128. The fraction of sp³-hybridized carbons (Fsp3) is 0.350. The molecule has 0 saturated carbocycles. The van der Waals surface area contributed by atoms with E-state index in [1.807, 2.05) is 6.07 Å². The third-order valence-electron chi connectivity index (χ3n) is 4.12. The van der Waals surface area contributed by atoms with Crippen LogP contribution in [0.5, 0.6) is 5.75 Å². The molecule has 0 bridgehead atoms. The molecule has 0 aliphatic rings. The number of hydrogen-bond acceptors (Lipinski definition) is 6. The van der Waals surface area contributed by atoms with Gasteiger partial charge in [0.25, 0.3) is 5.91 Å². The largest absolute Gasteiger partial charge is 0.481 e. The second-order valence-corrected chi connectivity index (χ2v) is 6.07. The van der Waals surface area contributed by atoms with E-state index in [0.717, 1.165) is 13.1 Å². The number of furan rings is 1. The number of benzene rings is 1. The zero-order valence-corrected chi connectivity index (χ0v) is 16.2. The fourth-order valence-electron chi connectivity index (χ4n) is 2.40. The minimum atomic E-state index is -0.844. The van der Waals surface area contributed by atoms with Gasteiger partial charge in [-0.3, -0.25) is 25.3 Å². The van der Waals surface area contributed by atoms with E-state index in [4.69, 9.17) is 14.4 Å². The first-order valence-electron chi connectivity index (χ1n) is 9.04. The molecule has 8 nitrogen and oxygen atoms in total. The lowest BCUT2D eigenvalue weighted by atomic mass is 10.2.